The molecule has 3 aromatic rings. The van der Waals surface area contributed by atoms with Crippen molar-refractivity contribution in [1.29, 1.82) is 0 Å². The van der Waals surface area contributed by atoms with Gasteiger partial charge in [-0.25, -0.2) is 9.18 Å². The first-order chi connectivity index (χ1) is 13.6. The van der Waals surface area contributed by atoms with Gasteiger partial charge in [0.2, 0.25) is 0 Å². The molecule has 138 valence electrons. The van der Waals surface area contributed by atoms with Crippen LogP contribution in [0.1, 0.15) is 21.5 Å². The minimum absolute atomic E-state index is 0.203. The normalized spacial score (nSPS) is 11.0. The van der Waals surface area contributed by atoms with Gasteiger partial charge in [-0.3, -0.25) is 4.79 Å². The van der Waals surface area contributed by atoms with E-state index in [9.17, 15) is 14.0 Å². The van der Waals surface area contributed by atoms with Gasteiger partial charge < -0.3 is 4.74 Å². The number of esters is 1. The smallest absolute Gasteiger partial charge is 0.336 e. The fourth-order valence-electron chi connectivity index (χ4n) is 2.41. The second-order valence-corrected chi connectivity index (χ2v) is 5.94. The number of allylic oxidation sites excluding steroid dienone is 1. The first-order valence-electron chi connectivity index (χ1n) is 8.63. The second-order valence-electron chi connectivity index (χ2n) is 5.94. The molecule has 0 aliphatic rings. The average Bonchev–Trinajstić information content (AvgIpc) is 2.73. The van der Waals surface area contributed by atoms with Crippen molar-refractivity contribution in [3.05, 3.63) is 114 Å². The summed E-state index contributed by atoms with van der Waals surface area (Å²) in [6, 6.07) is 21.5. The van der Waals surface area contributed by atoms with Crippen molar-refractivity contribution >= 4 is 23.9 Å². The summed E-state index contributed by atoms with van der Waals surface area (Å²) in [4.78, 5) is 24.1. The number of hydrogen-bond donors (Lipinski definition) is 0. The van der Waals surface area contributed by atoms with Gasteiger partial charge >= 0.3 is 5.97 Å². The van der Waals surface area contributed by atoms with Gasteiger partial charge in [-0.05, 0) is 59.7 Å². The molecule has 0 atom stereocenters. The lowest BCUT2D eigenvalue weighted by atomic mass is 10.1. The van der Waals surface area contributed by atoms with Crippen molar-refractivity contribution in [1.82, 2.24) is 0 Å². The number of carbonyl (C=O) groups is 2. The summed E-state index contributed by atoms with van der Waals surface area (Å²) in [7, 11) is 0. The molecule has 4 heteroatoms. The second kappa shape index (κ2) is 9.24. The molecule has 0 radical (unpaired) electrons. The Balaban J connectivity index is 1.58. The summed E-state index contributed by atoms with van der Waals surface area (Å²) in [5.74, 6) is -0.681. The number of carbonyl (C=O) groups excluding carboxylic acids is 2. The Morgan fingerprint density at radius 1 is 0.714 bits per heavy atom. The van der Waals surface area contributed by atoms with Crippen LogP contribution in [0.15, 0.2) is 91.0 Å². The summed E-state index contributed by atoms with van der Waals surface area (Å²) in [6.07, 6.45) is 6.04. The lowest BCUT2D eigenvalue weighted by Crippen LogP contribution is -2.04. The Morgan fingerprint density at radius 3 is 2.00 bits per heavy atom. The van der Waals surface area contributed by atoms with E-state index in [1.807, 2.05) is 30.3 Å². The number of halogens is 1. The van der Waals surface area contributed by atoms with Crippen LogP contribution in [0.5, 0.6) is 5.75 Å². The van der Waals surface area contributed by atoms with E-state index in [1.54, 1.807) is 48.6 Å². The lowest BCUT2D eigenvalue weighted by Gasteiger charge is -2.02. The van der Waals surface area contributed by atoms with E-state index >= 15 is 0 Å². The van der Waals surface area contributed by atoms with Crippen molar-refractivity contribution in [2.45, 2.75) is 0 Å². The zero-order valence-corrected chi connectivity index (χ0v) is 14.9. The van der Waals surface area contributed by atoms with Crippen molar-refractivity contribution in [3.8, 4) is 5.75 Å². The first-order valence-corrected chi connectivity index (χ1v) is 8.63. The minimum atomic E-state index is -0.501. The van der Waals surface area contributed by atoms with E-state index in [0.29, 0.717) is 11.3 Å². The number of rotatable bonds is 6. The summed E-state index contributed by atoms with van der Waals surface area (Å²) in [5.41, 5.74) is 2.08. The zero-order chi connectivity index (χ0) is 19.8. The van der Waals surface area contributed by atoms with Gasteiger partial charge in [-0.2, -0.15) is 0 Å². The van der Waals surface area contributed by atoms with Gasteiger partial charge in [0.25, 0.3) is 0 Å². The molecule has 0 aliphatic carbocycles. The van der Waals surface area contributed by atoms with E-state index in [1.165, 1.54) is 24.3 Å². The monoisotopic (exact) mass is 372 g/mol. The molecule has 0 amide bonds. The fourth-order valence-corrected chi connectivity index (χ4v) is 2.41. The molecule has 3 rings (SSSR count). The summed E-state index contributed by atoms with van der Waals surface area (Å²) >= 11 is 0. The third-order valence-corrected chi connectivity index (χ3v) is 3.87. The quantitative estimate of drug-likeness (QED) is 0.254. The van der Waals surface area contributed by atoms with Crippen LogP contribution in [-0.4, -0.2) is 11.8 Å². The van der Waals surface area contributed by atoms with Crippen LogP contribution in [0.25, 0.3) is 12.2 Å². The molecular formula is C24H17FO3. The average molecular weight is 372 g/mol. The van der Waals surface area contributed by atoms with Crippen molar-refractivity contribution in [2.75, 3.05) is 0 Å². The molecule has 0 unspecified atom stereocenters. The molecule has 0 heterocycles. The Labute approximate surface area is 162 Å². The maximum atomic E-state index is 12.9. The number of benzene rings is 3. The highest BCUT2D eigenvalue weighted by Gasteiger charge is 2.05. The Kier molecular flexibility index (Phi) is 6.26. The van der Waals surface area contributed by atoms with E-state index < -0.39 is 5.97 Å². The molecule has 0 aromatic heterocycles. The minimum Gasteiger partial charge on any atom is -0.423 e. The highest BCUT2D eigenvalue weighted by atomic mass is 19.1. The van der Waals surface area contributed by atoms with Gasteiger partial charge in [-0.1, -0.05) is 48.5 Å². The molecule has 3 nitrogen and oxygen atoms in total. The standard InChI is InChI=1S/C24H17FO3/c25-21-12-6-19(7-13-21)8-16-23(26)20-10-14-22(15-11-20)28-24(27)17-9-18-4-2-1-3-5-18/h1-17H/b16-8+,17-9+. The third kappa shape index (κ3) is 5.61. The fraction of sp³-hybridized carbons (Fsp3) is 0. The predicted molar refractivity (Wildman–Crippen MR) is 107 cm³/mol. The van der Waals surface area contributed by atoms with Crippen LogP contribution < -0.4 is 4.74 Å². The van der Waals surface area contributed by atoms with Crippen molar-refractivity contribution in [3.63, 3.8) is 0 Å². The van der Waals surface area contributed by atoms with Gasteiger partial charge in [0.1, 0.15) is 11.6 Å². The molecule has 0 spiro atoms. The van der Waals surface area contributed by atoms with Crippen LogP contribution >= 0.6 is 0 Å². The van der Waals surface area contributed by atoms with E-state index in [0.717, 1.165) is 11.1 Å². The molecule has 0 saturated heterocycles. The van der Waals surface area contributed by atoms with Crippen LogP contribution in [0.3, 0.4) is 0 Å². The van der Waals surface area contributed by atoms with Crippen LogP contribution in [0, 0.1) is 5.82 Å². The van der Waals surface area contributed by atoms with E-state index in [4.69, 9.17) is 4.74 Å². The van der Waals surface area contributed by atoms with Crippen LogP contribution in [0.2, 0.25) is 0 Å². The van der Waals surface area contributed by atoms with Crippen LogP contribution in [0.4, 0.5) is 4.39 Å². The zero-order valence-electron chi connectivity index (χ0n) is 14.9. The predicted octanol–water partition coefficient (Wildman–Crippen LogP) is 5.34. The summed E-state index contributed by atoms with van der Waals surface area (Å²) in [6.45, 7) is 0. The highest BCUT2D eigenvalue weighted by molar-refractivity contribution is 6.06. The molecule has 0 saturated carbocycles. The highest BCUT2D eigenvalue weighted by Crippen LogP contribution is 2.14. The van der Waals surface area contributed by atoms with E-state index in [2.05, 4.69) is 0 Å². The number of ketones is 1. The van der Waals surface area contributed by atoms with Crippen LogP contribution in [-0.2, 0) is 4.79 Å². The van der Waals surface area contributed by atoms with Gasteiger partial charge in [0.05, 0.1) is 0 Å². The van der Waals surface area contributed by atoms with E-state index in [-0.39, 0.29) is 11.6 Å². The molecule has 3 aromatic carbocycles. The Bertz CT molecular complexity index is 1000. The molecule has 0 N–H and O–H groups in total. The maximum absolute atomic E-state index is 12.9. The number of ether oxygens (including phenoxy) is 1. The summed E-state index contributed by atoms with van der Waals surface area (Å²) < 4.78 is 18.1. The first kappa shape index (κ1) is 19.0. The Hall–Kier alpha value is -3.79. The SMILES string of the molecule is O=C(/C=C/c1ccccc1)Oc1ccc(C(=O)/C=C/c2ccc(F)cc2)cc1. The largest absolute Gasteiger partial charge is 0.423 e. The maximum Gasteiger partial charge on any atom is 0.336 e. The molecule has 0 aliphatic heterocycles. The Morgan fingerprint density at radius 2 is 1.32 bits per heavy atom. The summed E-state index contributed by atoms with van der Waals surface area (Å²) in [5, 5.41) is 0. The van der Waals surface area contributed by atoms with Crippen molar-refractivity contribution in [2.24, 2.45) is 0 Å². The molecule has 0 fully saturated rings. The van der Waals surface area contributed by atoms with Gasteiger partial charge in [-0.15, -0.1) is 0 Å². The van der Waals surface area contributed by atoms with Gasteiger partial charge in [0, 0.05) is 11.6 Å². The lowest BCUT2D eigenvalue weighted by molar-refractivity contribution is -0.128. The molecular weight excluding hydrogens is 355 g/mol. The topological polar surface area (TPSA) is 43.4 Å². The number of hydrogen-bond acceptors (Lipinski definition) is 3. The third-order valence-electron chi connectivity index (χ3n) is 3.87. The van der Waals surface area contributed by atoms with Crippen molar-refractivity contribution < 1.29 is 18.7 Å². The molecule has 28 heavy (non-hydrogen) atoms. The molecule has 0 bridgehead atoms. The van der Waals surface area contributed by atoms with Gasteiger partial charge in [0.15, 0.2) is 5.78 Å².